The molecule has 6 nitrogen and oxygen atoms in total. The molecule has 1 aromatic heterocycles. The number of carbonyl (C=O) groups is 1. The molecule has 0 aliphatic carbocycles. The average molecular weight is 370 g/mol. The Bertz CT molecular complexity index is 714. The highest BCUT2D eigenvalue weighted by atomic mass is 35.5. The molecule has 1 aliphatic heterocycles. The summed E-state index contributed by atoms with van der Waals surface area (Å²) >= 11 is 11.9. The summed E-state index contributed by atoms with van der Waals surface area (Å²) in [4.78, 5) is 12.1. The van der Waals surface area contributed by atoms with Crippen LogP contribution in [0, 0.1) is 5.92 Å². The van der Waals surface area contributed by atoms with E-state index in [1.165, 1.54) is 0 Å². The molecule has 1 fully saturated rings. The molecule has 1 unspecified atom stereocenters. The van der Waals surface area contributed by atoms with E-state index in [1.807, 2.05) is 0 Å². The first kappa shape index (κ1) is 17.1. The van der Waals surface area contributed by atoms with Crippen molar-refractivity contribution in [2.45, 2.75) is 13.0 Å². The number of amides is 1. The third-order valence-corrected chi connectivity index (χ3v) is 4.24. The Morgan fingerprint density at radius 3 is 3.08 bits per heavy atom. The Morgan fingerprint density at radius 1 is 1.42 bits per heavy atom. The van der Waals surface area contributed by atoms with E-state index in [9.17, 15) is 4.79 Å². The van der Waals surface area contributed by atoms with Crippen molar-refractivity contribution in [1.82, 2.24) is 9.78 Å². The molecule has 0 bridgehead atoms. The zero-order valence-corrected chi connectivity index (χ0v) is 14.4. The molecule has 3 rings (SSSR count). The second-order valence-electron chi connectivity index (χ2n) is 5.54. The fourth-order valence-corrected chi connectivity index (χ4v) is 2.80. The lowest BCUT2D eigenvalue weighted by atomic mass is 10.1. The molecular weight excluding hydrogens is 353 g/mol. The van der Waals surface area contributed by atoms with Gasteiger partial charge in [0.1, 0.15) is 11.6 Å². The molecule has 8 heteroatoms. The first-order valence-corrected chi connectivity index (χ1v) is 8.34. The fraction of sp³-hybridized carbons (Fsp3) is 0.375. The largest absolute Gasteiger partial charge is 0.482 e. The van der Waals surface area contributed by atoms with Crippen LogP contribution < -0.4 is 10.1 Å². The second kappa shape index (κ2) is 7.88. The normalized spacial score (nSPS) is 17.0. The van der Waals surface area contributed by atoms with Gasteiger partial charge >= 0.3 is 0 Å². The van der Waals surface area contributed by atoms with Crippen LogP contribution in [0.1, 0.15) is 6.42 Å². The highest BCUT2D eigenvalue weighted by molar-refractivity contribution is 6.34. The van der Waals surface area contributed by atoms with Gasteiger partial charge in [-0.2, -0.15) is 5.10 Å². The van der Waals surface area contributed by atoms with E-state index in [0.29, 0.717) is 34.1 Å². The van der Waals surface area contributed by atoms with Crippen molar-refractivity contribution in [3.8, 4) is 5.75 Å². The second-order valence-corrected chi connectivity index (χ2v) is 6.38. The number of hydrogen-bond donors (Lipinski definition) is 1. The van der Waals surface area contributed by atoms with E-state index in [0.717, 1.165) is 19.6 Å². The lowest BCUT2D eigenvalue weighted by Gasteiger charge is -2.13. The fourth-order valence-electron chi connectivity index (χ4n) is 2.47. The third-order valence-electron chi connectivity index (χ3n) is 3.69. The van der Waals surface area contributed by atoms with Gasteiger partial charge in [0.2, 0.25) is 0 Å². The lowest BCUT2D eigenvalue weighted by Crippen LogP contribution is -2.23. The van der Waals surface area contributed by atoms with Crippen molar-refractivity contribution in [1.29, 1.82) is 0 Å². The average Bonchev–Trinajstić information content (AvgIpc) is 3.21. The van der Waals surface area contributed by atoms with Crippen molar-refractivity contribution in [2.75, 3.05) is 25.1 Å². The number of benzene rings is 1. The summed E-state index contributed by atoms with van der Waals surface area (Å²) in [6.07, 6.45) is 2.66. The van der Waals surface area contributed by atoms with Gasteiger partial charge in [-0.15, -0.1) is 0 Å². The zero-order chi connectivity index (χ0) is 16.9. The SMILES string of the molecule is O=C(COc1cc(Cl)ccc1Cl)Nc1ccnn1CC1CCOC1. The zero-order valence-electron chi connectivity index (χ0n) is 12.9. The minimum absolute atomic E-state index is 0.169. The first-order chi connectivity index (χ1) is 11.6. The summed E-state index contributed by atoms with van der Waals surface area (Å²) in [5, 5.41) is 7.93. The van der Waals surface area contributed by atoms with E-state index in [2.05, 4.69) is 10.4 Å². The Hall–Kier alpha value is -1.76. The lowest BCUT2D eigenvalue weighted by molar-refractivity contribution is -0.118. The van der Waals surface area contributed by atoms with E-state index in [4.69, 9.17) is 32.7 Å². The molecular formula is C16H17Cl2N3O3. The number of anilines is 1. The summed E-state index contributed by atoms with van der Waals surface area (Å²) in [6.45, 7) is 2.05. The van der Waals surface area contributed by atoms with Gasteiger partial charge < -0.3 is 14.8 Å². The van der Waals surface area contributed by atoms with E-state index < -0.39 is 0 Å². The van der Waals surface area contributed by atoms with Gasteiger partial charge in [-0.3, -0.25) is 4.79 Å². The Kier molecular flexibility index (Phi) is 5.60. The number of ether oxygens (including phenoxy) is 2. The van der Waals surface area contributed by atoms with Crippen molar-refractivity contribution in [3.63, 3.8) is 0 Å². The van der Waals surface area contributed by atoms with Crippen LogP contribution in [0.2, 0.25) is 10.0 Å². The smallest absolute Gasteiger partial charge is 0.263 e. The maximum atomic E-state index is 12.1. The molecule has 1 aliphatic rings. The van der Waals surface area contributed by atoms with Gasteiger partial charge in [-0.25, -0.2) is 4.68 Å². The molecule has 1 amide bonds. The van der Waals surface area contributed by atoms with Crippen LogP contribution in [0.3, 0.4) is 0 Å². The van der Waals surface area contributed by atoms with Crippen molar-refractivity contribution < 1.29 is 14.3 Å². The summed E-state index contributed by atoms with van der Waals surface area (Å²) in [7, 11) is 0. The van der Waals surface area contributed by atoms with Crippen molar-refractivity contribution in [2.24, 2.45) is 5.92 Å². The van der Waals surface area contributed by atoms with Crippen LogP contribution in [-0.4, -0.2) is 35.5 Å². The summed E-state index contributed by atoms with van der Waals surface area (Å²) in [6, 6.07) is 6.60. The minimum atomic E-state index is -0.296. The van der Waals surface area contributed by atoms with Gasteiger partial charge in [0.05, 0.1) is 17.8 Å². The number of aromatic nitrogens is 2. The standard InChI is InChI=1S/C16H17Cl2N3O3/c17-12-1-2-13(18)14(7-12)24-10-16(22)20-15-3-5-19-21(15)8-11-4-6-23-9-11/h1-3,5,7,11H,4,6,8-10H2,(H,20,22). The molecule has 24 heavy (non-hydrogen) atoms. The van der Waals surface area contributed by atoms with Crippen LogP contribution in [-0.2, 0) is 16.1 Å². The van der Waals surface area contributed by atoms with Crippen molar-refractivity contribution in [3.05, 3.63) is 40.5 Å². The van der Waals surface area contributed by atoms with Gasteiger partial charge in [0, 0.05) is 36.2 Å². The first-order valence-electron chi connectivity index (χ1n) is 7.59. The number of carbonyl (C=O) groups excluding carboxylic acids is 1. The Balaban J connectivity index is 1.55. The highest BCUT2D eigenvalue weighted by Gasteiger charge is 2.18. The Morgan fingerprint density at radius 2 is 2.29 bits per heavy atom. The molecule has 1 saturated heterocycles. The summed E-state index contributed by atoms with van der Waals surface area (Å²) < 4.78 is 12.6. The van der Waals surface area contributed by atoms with E-state index >= 15 is 0 Å². The molecule has 128 valence electrons. The van der Waals surface area contributed by atoms with Crippen LogP contribution in [0.15, 0.2) is 30.5 Å². The molecule has 0 spiro atoms. The molecule has 2 heterocycles. The predicted molar refractivity (Wildman–Crippen MR) is 91.7 cm³/mol. The maximum Gasteiger partial charge on any atom is 0.263 e. The molecule has 0 radical (unpaired) electrons. The number of halogens is 2. The van der Waals surface area contributed by atoms with Crippen molar-refractivity contribution >= 4 is 34.9 Å². The van der Waals surface area contributed by atoms with E-state index in [-0.39, 0.29) is 12.5 Å². The molecule has 0 saturated carbocycles. The predicted octanol–water partition coefficient (Wildman–Crippen LogP) is 3.24. The van der Waals surface area contributed by atoms with Gasteiger partial charge in [0.25, 0.3) is 5.91 Å². The quantitative estimate of drug-likeness (QED) is 0.848. The summed E-state index contributed by atoms with van der Waals surface area (Å²) in [5.74, 6) is 1.13. The summed E-state index contributed by atoms with van der Waals surface area (Å²) in [5.41, 5.74) is 0. The van der Waals surface area contributed by atoms with Crippen LogP contribution >= 0.6 is 23.2 Å². The van der Waals surface area contributed by atoms with Gasteiger partial charge in [-0.1, -0.05) is 23.2 Å². The van der Waals surface area contributed by atoms with Crippen LogP contribution in [0.25, 0.3) is 0 Å². The molecule has 1 N–H and O–H groups in total. The number of nitrogens with zero attached hydrogens (tertiary/aromatic N) is 2. The maximum absolute atomic E-state index is 12.1. The number of nitrogens with one attached hydrogen (secondary N) is 1. The topological polar surface area (TPSA) is 65.4 Å². The highest BCUT2D eigenvalue weighted by Crippen LogP contribution is 2.27. The number of hydrogen-bond acceptors (Lipinski definition) is 4. The monoisotopic (exact) mass is 369 g/mol. The van der Waals surface area contributed by atoms with Gasteiger partial charge in [0.15, 0.2) is 6.61 Å². The van der Waals surface area contributed by atoms with Gasteiger partial charge in [-0.05, 0) is 18.6 Å². The van der Waals surface area contributed by atoms with Crippen LogP contribution in [0.4, 0.5) is 5.82 Å². The number of rotatable bonds is 6. The molecule has 2 aromatic rings. The van der Waals surface area contributed by atoms with Crippen LogP contribution in [0.5, 0.6) is 5.75 Å². The molecule has 1 aromatic carbocycles. The Labute approximate surface area is 149 Å². The molecule has 1 atom stereocenters. The minimum Gasteiger partial charge on any atom is -0.482 e. The third kappa shape index (κ3) is 4.41. The van der Waals surface area contributed by atoms with E-state index in [1.54, 1.807) is 35.1 Å².